The van der Waals surface area contributed by atoms with Gasteiger partial charge < -0.3 is 14.2 Å². The predicted octanol–water partition coefficient (Wildman–Crippen LogP) is 2.05. The van der Waals surface area contributed by atoms with Gasteiger partial charge in [-0.3, -0.25) is 4.79 Å². The van der Waals surface area contributed by atoms with Crippen molar-refractivity contribution in [1.29, 1.82) is 0 Å². The molecule has 2 aliphatic heterocycles. The highest BCUT2D eigenvalue weighted by atomic mass is 35.5. The van der Waals surface area contributed by atoms with E-state index in [1.165, 1.54) is 0 Å². The van der Waals surface area contributed by atoms with E-state index in [9.17, 15) is 4.79 Å². The maximum Gasteiger partial charge on any atom is 0.240 e. The van der Waals surface area contributed by atoms with Gasteiger partial charge in [0.2, 0.25) is 5.91 Å². The van der Waals surface area contributed by atoms with Crippen LogP contribution in [0.3, 0.4) is 0 Å². The van der Waals surface area contributed by atoms with Crippen LogP contribution in [0.5, 0.6) is 5.75 Å². The Morgan fingerprint density at radius 1 is 1.43 bits per heavy atom. The number of carbonyl (C=O) groups excluding carboxylic acids is 1. The molecule has 1 saturated heterocycles. The first-order valence-corrected chi connectivity index (χ1v) is 7.08. The minimum Gasteiger partial charge on any atom is -0.487 e. The number of benzene rings is 1. The van der Waals surface area contributed by atoms with E-state index in [1.807, 2.05) is 13.0 Å². The lowest BCUT2D eigenvalue weighted by molar-refractivity contribution is -0.380. The van der Waals surface area contributed by atoms with Gasteiger partial charge in [-0.25, -0.2) is 5.43 Å². The number of nitrogens with zero attached hydrogens (tertiary/aromatic N) is 1. The number of hydrazone groups is 1. The van der Waals surface area contributed by atoms with Crippen LogP contribution in [0.25, 0.3) is 0 Å². The Bertz CT molecular complexity index is 584. The zero-order chi connectivity index (χ0) is 14.8. The van der Waals surface area contributed by atoms with E-state index in [2.05, 4.69) is 10.5 Å². The fourth-order valence-electron chi connectivity index (χ4n) is 2.15. The van der Waals surface area contributed by atoms with Crippen molar-refractivity contribution in [1.82, 2.24) is 5.43 Å². The molecule has 2 aliphatic rings. The summed E-state index contributed by atoms with van der Waals surface area (Å²) in [7, 11) is 0. The second kappa shape index (κ2) is 6.01. The first kappa shape index (κ1) is 14.3. The Hall–Kier alpha value is -1.63. The number of hydrogen-bond donors (Lipinski definition) is 1. The molecule has 2 heterocycles. The van der Waals surface area contributed by atoms with Crippen LogP contribution in [0, 0.1) is 0 Å². The number of hydrogen-bond acceptors (Lipinski definition) is 5. The third kappa shape index (κ3) is 3.34. The molecule has 6 nitrogen and oxygen atoms in total. The Morgan fingerprint density at radius 2 is 2.24 bits per heavy atom. The van der Waals surface area contributed by atoms with E-state index in [4.69, 9.17) is 25.8 Å². The highest BCUT2D eigenvalue weighted by Gasteiger charge is 2.27. The topological polar surface area (TPSA) is 69.2 Å². The molecule has 1 fully saturated rings. The van der Waals surface area contributed by atoms with Gasteiger partial charge in [0.15, 0.2) is 12.6 Å². The zero-order valence-electron chi connectivity index (χ0n) is 11.5. The summed E-state index contributed by atoms with van der Waals surface area (Å²) in [5, 5.41) is 4.52. The Balaban J connectivity index is 1.64. The molecule has 1 N–H and O–H groups in total. The summed E-state index contributed by atoms with van der Waals surface area (Å²) in [5.41, 5.74) is 4.15. The van der Waals surface area contributed by atoms with Gasteiger partial charge in [-0.2, -0.15) is 5.10 Å². The average Bonchev–Trinajstić information content (AvgIpc) is 2.44. The molecular weight excluding hydrogens is 296 g/mol. The smallest absolute Gasteiger partial charge is 0.240 e. The Morgan fingerprint density at radius 3 is 2.86 bits per heavy atom. The molecule has 0 aliphatic carbocycles. The first-order valence-electron chi connectivity index (χ1n) is 6.71. The van der Waals surface area contributed by atoms with Crippen LogP contribution >= 0.6 is 11.6 Å². The van der Waals surface area contributed by atoms with Crippen LogP contribution in [0.4, 0.5) is 0 Å². The van der Waals surface area contributed by atoms with Crippen molar-refractivity contribution in [2.24, 2.45) is 5.10 Å². The van der Waals surface area contributed by atoms with Crippen molar-refractivity contribution in [3.63, 3.8) is 0 Å². The van der Waals surface area contributed by atoms with Gasteiger partial charge in [0.05, 0.1) is 10.7 Å². The van der Waals surface area contributed by atoms with Crippen LogP contribution in [-0.4, -0.2) is 30.8 Å². The second-order valence-corrected chi connectivity index (χ2v) is 5.23. The first-order chi connectivity index (χ1) is 10.1. The zero-order valence-corrected chi connectivity index (χ0v) is 12.2. The minimum absolute atomic E-state index is 0.0699. The van der Waals surface area contributed by atoms with Crippen molar-refractivity contribution < 1.29 is 19.0 Å². The molecule has 0 atom stereocenters. The summed E-state index contributed by atoms with van der Waals surface area (Å²) in [6.45, 7) is 2.11. The molecule has 21 heavy (non-hydrogen) atoms. The maximum absolute atomic E-state index is 11.1. The van der Waals surface area contributed by atoms with Crippen LogP contribution in [0.1, 0.15) is 25.3 Å². The second-order valence-electron chi connectivity index (χ2n) is 4.82. The molecule has 0 aromatic heterocycles. The molecule has 0 radical (unpaired) electrons. The SMILES string of the molecule is CC1OC(COc2ccc(C3=NNC(=O)CC3)cc2Cl)O1. The van der Waals surface area contributed by atoms with Crippen molar-refractivity contribution in [3.8, 4) is 5.75 Å². The summed E-state index contributed by atoms with van der Waals surface area (Å²) in [6.07, 6.45) is 0.525. The van der Waals surface area contributed by atoms with E-state index < -0.39 is 0 Å². The summed E-state index contributed by atoms with van der Waals surface area (Å²) < 4.78 is 16.1. The van der Waals surface area contributed by atoms with Crippen LogP contribution in [-0.2, 0) is 14.3 Å². The van der Waals surface area contributed by atoms with Gasteiger partial charge in [0, 0.05) is 12.8 Å². The molecule has 0 unspecified atom stereocenters. The largest absolute Gasteiger partial charge is 0.487 e. The molecule has 1 aromatic carbocycles. The summed E-state index contributed by atoms with van der Waals surface area (Å²) in [6, 6.07) is 5.42. The van der Waals surface area contributed by atoms with E-state index >= 15 is 0 Å². The average molecular weight is 311 g/mol. The Labute approximate surface area is 127 Å². The van der Waals surface area contributed by atoms with E-state index in [0.29, 0.717) is 30.2 Å². The van der Waals surface area contributed by atoms with Crippen molar-refractivity contribution in [2.45, 2.75) is 32.3 Å². The van der Waals surface area contributed by atoms with Gasteiger partial charge in [-0.05, 0) is 30.7 Å². The number of carbonyl (C=O) groups is 1. The molecule has 1 amide bonds. The summed E-state index contributed by atoms with van der Waals surface area (Å²) in [5.74, 6) is 0.493. The fraction of sp³-hybridized carbons (Fsp3) is 0.429. The quantitative estimate of drug-likeness (QED) is 0.924. The maximum atomic E-state index is 11.1. The van der Waals surface area contributed by atoms with Gasteiger partial charge >= 0.3 is 0 Å². The lowest BCUT2D eigenvalue weighted by Gasteiger charge is -2.33. The van der Waals surface area contributed by atoms with Crippen LogP contribution in [0.15, 0.2) is 23.3 Å². The van der Waals surface area contributed by atoms with Gasteiger partial charge in [-0.1, -0.05) is 11.6 Å². The Kier molecular flexibility index (Phi) is 4.10. The lowest BCUT2D eigenvalue weighted by atomic mass is 10.0. The molecule has 7 heteroatoms. The van der Waals surface area contributed by atoms with Crippen LogP contribution in [0.2, 0.25) is 5.02 Å². The van der Waals surface area contributed by atoms with E-state index in [0.717, 1.165) is 11.3 Å². The van der Waals surface area contributed by atoms with E-state index in [-0.39, 0.29) is 18.5 Å². The highest BCUT2D eigenvalue weighted by Crippen LogP contribution is 2.28. The molecule has 0 spiro atoms. The van der Waals surface area contributed by atoms with Crippen molar-refractivity contribution in [3.05, 3.63) is 28.8 Å². The molecular formula is C14H15ClN2O4. The molecule has 112 valence electrons. The third-order valence-corrected chi connectivity index (χ3v) is 3.53. The number of nitrogens with one attached hydrogen (secondary N) is 1. The van der Waals surface area contributed by atoms with E-state index in [1.54, 1.807) is 12.1 Å². The number of halogens is 1. The predicted molar refractivity (Wildman–Crippen MR) is 76.3 cm³/mol. The monoisotopic (exact) mass is 310 g/mol. The molecule has 0 saturated carbocycles. The molecule has 1 aromatic rings. The number of ether oxygens (including phenoxy) is 3. The minimum atomic E-state index is -0.339. The standard InChI is InChI=1S/C14H15ClN2O4/c1-8-20-14(21-8)7-19-12-4-2-9(6-10(12)15)11-3-5-13(18)17-16-11/h2,4,6,8,14H,3,5,7H2,1H3,(H,17,18). The van der Waals surface area contributed by atoms with Gasteiger partial charge in [0.25, 0.3) is 0 Å². The fourth-order valence-corrected chi connectivity index (χ4v) is 2.39. The number of amides is 1. The highest BCUT2D eigenvalue weighted by molar-refractivity contribution is 6.32. The molecule has 3 rings (SSSR count). The van der Waals surface area contributed by atoms with Crippen LogP contribution < -0.4 is 10.2 Å². The van der Waals surface area contributed by atoms with Crippen molar-refractivity contribution >= 4 is 23.2 Å². The van der Waals surface area contributed by atoms with Gasteiger partial charge in [-0.15, -0.1) is 0 Å². The summed E-state index contributed by atoms with van der Waals surface area (Å²) >= 11 is 6.20. The summed E-state index contributed by atoms with van der Waals surface area (Å²) in [4.78, 5) is 11.1. The number of rotatable bonds is 4. The lowest BCUT2D eigenvalue weighted by Crippen LogP contribution is -2.42. The van der Waals surface area contributed by atoms with Gasteiger partial charge in [0.1, 0.15) is 12.4 Å². The van der Waals surface area contributed by atoms with Crippen molar-refractivity contribution in [2.75, 3.05) is 6.61 Å². The molecule has 0 bridgehead atoms. The normalized spacial score (nSPS) is 24.9. The third-order valence-electron chi connectivity index (χ3n) is 3.23.